The Hall–Kier alpha value is -2.55. The largest absolute Gasteiger partial charge is 0.256 e. The molecule has 0 atom stereocenters. The summed E-state index contributed by atoms with van der Waals surface area (Å²) in [7, 11) is 0. The summed E-state index contributed by atoms with van der Waals surface area (Å²) >= 11 is 0. The van der Waals surface area contributed by atoms with Gasteiger partial charge in [0.15, 0.2) is 5.82 Å². The molecular weight excluding hydrogens is 342 g/mol. The highest BCUT2D eigenvalue weighted by molar-refractivity contribution is 5.65. The van der Waals surface area contributed by atoms with Crippen molar-refractivity contribution in [2.24, 2.45) is 0 Å². The van der Waals surface area contributed by atoms with E-state index >= 15 is 0 Å². The number of benzene rings is 1. The van der Waals surface area contributed by atoms with E-state index in [9.17, 15) is 0 Å². The molecule has 0 saturated carbocycles. The van der Waals surface area contributed by atoms with Crippen molar-refractivity contribution < 1.29 is 0 Å². The van der Waals surface area contributed by atoms with Gasteiger partial charge in [-0.05, 0) is 42.9 Å². The fraction of sp³-hybridized carbons (Fsp3) is 0.400. The minimum Gasteiger partial charge on any atom is -0.256 e. The first-order valence-corrected chi connectivity index (χ1v) is 10.7. The average Bonchev–Trinajstić information content (AvgIpc) is 2.76. The molecule has 0 spiro atoms. The Labute approximate surface area is 169 Å². The van der Waals surface area contributed by atoms with Gasteiger partial charge in [-0.15, -0.1) is 0 Å². The predicted molar refractivity (Wildman–Crippen MR) is 117 cm³/mol. The Bertz CT molecular complexity index is 821. The van der Waals surface area contributed by atoms with Gasteiger partial charge in [-0.1, -0.05) is 69.9 Å². The normalized spacial score (nSPS) is 10.9. The van der Waals surface area contributed by atoms with E-state index in [0.29, 0.717) is 0 Å². The molecule has 0 unspecified atom stereocenters. The van der Waals surface area contributed by atoms with Crippen molar-refractivity contribution in [1.82, 2.24) is 15.0 Å². The lowest BCUT2D eigenvalue weighted by Crippen LogP contribution is -1.93. The summed E-state index contributed by atoms with van der Waals surface area (Å²) in [5, 5.41) is 0. The minimum atomic E-state index is 0.784. The first kappa shape index (κ1) is 20.2. The van der Waals surface area contributed by atoms with E-state index < -0.39 is 0 Å². The number of unbranched alkanes of at least 4 members (excludes halogenated alkanes) is 4. The third kappa shape index (κ3) is 5.72. The van der Waals surface area contributed by atoms with E-state index in [2.05, 4.69) is 65.2 Å². The maximum atomic E-state index is 4.63. The smallest absolute Gasteiger partial charge is 0.159 e. The molecule has 146 valence electrons. The topological polar surface area (TPSA) is 38.7 Å². The van der Waals surface area contributed by atoms with Crippen molar-refractivity contribution in [3.63, 3.8) is 0 Å². The third-order valence-corrected chi connectivity index (χ3v) is 5.11. The van der Waals surface area contributed by atoms with Crippen LogP contribution >= 0.6 is 0 Å². The second-order valence-electron chi connectivity index (χ2n) is 7.46. The highest BCUT2D eigenvalue weighted by Gasteiger charge is 2.04. The van der Waals surface area contributed by atoms with E-state index in [1.807, 2.05) is 18.6 Å². The Balaban J connectivity index is 1.62. The number of aryl methyl sites for hydroxylation is 2. The summed E-state index contributed by atoms with van der Waals surface area (Å²) in [6, 6.07) is 12.7. The van der Waals surface area contributed by atoms with Gasteiger partial charge in [0.2, 0.25) is 0 Å². The Kier molecular flexibility index (Phi) is 7.71. The number of aromatic nitrogens is 3. The zero-order valence-electron chi connectivity index (χ0n) is 17.2. The van der Waals surface area contributed by atoms with Gasteiger partial charge in [0, 0.05) is 29.7 Å². The van der Waals surface area contributed by atoms with Crippen LogP contribution in [0.2, 0.25) is 0 Å². The first-order chi connectivity index (χ1) is 13.8. The van der Waals surface area contributed by atoms with Gasteiger partial charge >= 0.3 is 0 Å². The van der Waals surface area contributed by atoms with Gasteiger partial charge in [-0.25, -0.2) is 9.97 Å². The van der Waals surface area contributed by atoms with Crippen molar-refractivity contribution in [1.29, 1.82) is 0 Å². The number of hydrogen-bond donors (Lipinski definition) is 0. The SMILES string of the molecule is CCCCCCc1cnc(-c2ccc(-c3ccc(CCCC)cn3)cc2)nc1. The standard InChI is InChI=1S/C25H31N3/c1-3-5-7-8-10-21-18-27-25(28-19-21)23-14-12-22(13-15-23)24-16-11-20(17-26-24)9-6-4-2/h11-19H,3-10H2,1-2H3. The molecule has 28 heavy (non-hydrogen) atoms. The van der Waals surface area contributed by atoms with Crippen LogP contribution in [0.5, 0.6) is 0 Å². The molecule has 0 bridgehead atoms. The van der Waals surface area contributed by atoms with E-state index in [1.54, 1.807) is 0 Å². The second-order valence-corrected chi connectivity index (χ2v) is 7.46. The van der Waals surface area contributed by atoms with Crippen molar-refractivity contribution in [2.75, 3.05) is 0 Å². The molecule has 0 saturated heterocycles. The van der Waals surface area contributed by atoms with E-state index in [0.717, 1.165) is 35.5 Å². The van der Waals surface area contributed by atoms with Gasteiger partial charge in [0.1, 0.15) is 0 Å². The lowest BCUT2D eigenvalue weighted by Gasteiger charge is -2.06. The zero-order chi connectivity index (χ0) is 19.6. The molecule has 0 radical (unpaired) electrons. The van der Waals surface area contributed by atoms with Crippen LogP contribution in [0.3, 0.4) is 0 Å². The van der Waals surface area contributed by atoms with Gasteiger partial charge < -0.3 is 0 Å². The van der Waals surface area contributed by atoms with Crippen LogP contribution in [0.15, 0.2) is 55.0 Å². The van der Waals surface area contributed by atoms with Gasteiger partial charge in [-0.2, -0.15) is 0 Å². The summed E-state index contributed by atoms with van der Waals surface area (Å²) in [5.74, 6) is 0.784. The molecule has 0 aliphatic heterocycles. The minimum absolute atomic E-state index is 0.784. The van der Waals surface area contributed by atoms with E-state index in [4.69, 9.17) is 0 Å². The van der Waals surface area contributed by atoms with Gasteiger partial charge in [0.25, 0.3) is 0 Å². The molecule has 2 heterocycles. The number of pyridine rings is 1. The summed E-state index contributed by atoms with van der Waals surface area (Å²) in [5.41, 5.74) is 5.71. The molecule has 3 nitrogen and oxygen atoms in total. The first-order valence-electron chi connectivity index (χ1n) is 10.7. The highest BCUT2D eigenvalue weighted by atomic mass is 14.9. The Morgan fingerprint density at radius 1 is 0.571 bits per heavy atom. The number of hydrogen-bond acceptors (Lipinski definition) is 3. The summed E-state index contributed by atoms with van der Waals surface area (Å²) < 4.78 is 0. The van der Waals surface area contributed by atoms with Crippen LogP contribution in [0, 0.1) is 0 Å². The second kappa shape index (κ2) is 10.7. The zero-order valence-corrected chi connectivity index (χ0v) is 17.2. The number of rotatable bonds is 10. The molecule has 0 aliphatic carbocycles. The molecule has 0 fully saturated rings. The summed E-state index contributed by atoms with van der Waals surface area (Å²) in [6.07, 6.45) is 15.6. The van der Waals surface area contributed by atoms with Crippen molar-refractivity contribution >= 4 is 0 Å². The van der Waals surface area contributed by atoms with Crippen molar-refractivity contribution in [3.8, 4) is 22.6 Å². The number of nitrogens with zero attached hydrogens (tertiary/aromatic N) is 3. The lowest BCUT2D eigenvalue weighted by molar-refractivity contribution is 0.665. The molecule has 3 aromatic rings. The van der Waals surface area contributed by atoms with Crippen molar-refractivity contribution in [2.45, 2.75) is 65.2 Å². The van der Waals surface area contributed by atoms with Crippen LogP contribution < -0.4 is 0 Å². The Morgan fingerprint density at radius 3 is 1.86 bits per heavy atom. The van der Waals surface area contributed by atoms with Gasteiger partial charge in [0.05, 0.1) is 5.69 Å². The highest BCUT2D eigenvalue weighted by Crippen LogP contribution is 2.22. The molecule has 2 aromatic heterocycles. The van der Waals surface area contributed by atoms with E-state index in [-0.39, 0.29) is 0 Å². The van der Waals surface area contributed by atoms with Crippen LogP contribution in [0.1, 0.15) is 63.5 Å². The maximum absolute atomic E-state index is 4.63. The van der Waals surface area contributed by atoms with Crippen LogP contribution in [0.4, 0.5) is 0 Å². The molecule has 0 N–H and O–H groups in total. The average molecular weight is 374 g/mol. The van der Waals surface area contributed by atoms with Gasteiger partial charge in [-0.3, -0.25) is 4.98 Å². The van der Waals surface area contributed by atoms with Crippen molar-refractivity contribution in [3.05, 3.63) is 66.1 Å². The molecule has 0 amide bonds. The molecule has 3 heteroatoms. The molecular formula is C25H31N3. The van der Waals surface area contributed by atoms with Crippen LogP contribution in [0.25, 0.3) is 22.6 Å². The molecule has 3 rings (SSSR count). The third-order valence-electron chi connectivity index (χ3n) is 5.11. The summed E-state index contributed by atoms with van der Waals surface area (Å²) in [4.78, 5) is 13.8. The predicted octanol–water partition coefficient (Wildman–Crippen LogP) is 6.67. The fourth-order valence-corrected chi connectivity index (χ4v) is 3.30. The monoisotopic (exact) mass is 373 g/mol. The fourth-order valence-electron chi connectivity index (χ4n) is 3.30. The van der Waals surface area contributed by atoms with Crippen LogP contribution in [-0.2, 0) is 12.8 Å². The Morgan fingerprint density at radius 2 is 1.21 bits per heavy atom. The molecule has 1 aromatic carbocycles. The lowest BCUT2D eigenvalue weighted by atomic mass is 10.1. The quantitative estimate of drug-likeness (QED) is 0.372. The van der Waals surface area contributed by atoms with E-state index in [1.165, 1.54) is 49.7 Å². The summed E-state index contributed by atoms with van der Waals surface area (Å²) in [6.45, 7) is 4.45. The van der Waals surface area contributed by atoms with Crippen LogP contribution in [-0.4, -0.2) is 15.0 Å². The maximum Gasteiger partial charge on any atom is 0.159 e. The molecule has 0 aliphatic rings.